The van der Waals surface area contributed by atoms with Crippen molar-refractivity contribution in [1.29, 1.82) is 0 Å². The zero-order valence-electron chi connectivity index (χ0n) is 13.6. The van der Waals surface area contributed by atoms with Crippen molar-refractivity contribution in [3.63, 3.8) is 0 Å². The van der Waals surface area contributed by atoms with E-state index in [1.165, 1.54) is 0 Å². The minimum absolute atomic E-state index is 0.00228. The molecule has 0 aromatic heterocycles. The highest BCUT2D eigenvalue weighted by molar-refractivity contribution is 5.75. The number of benzene rings is 1. The average Bonchev–Trinajstić information content (AvgIpc) is 2.50. The summed E-state index contributed by atoms with van der Waals surface area (Å²) in [5, 5.41) is 22.1. The maximum absolute atomic E-state index is 10.9. The highest BCUT2D eigenvalue weighted by atomic mass is 16.5. The molecule has 1 atom stereocenters. The van der Waals surface area contributed by atoms with Crippen molar-refractivity contribution in [2.75, 3.05) is 19.8 Å². The number of carbonyl (C=O) groups is 1. The van der Waals surface area contributed by atoms with Crippen LogP contribution in [0.25, 0.3) is 0 Å². The summed E-state index contributed by atoms with van der Waals surface area (Å²) in [5.74, 6) is 0.869. The van der Waals surface area contributed by atoms with Gasteiger partial charge in [-0.3, -0.25) is 0 Å². The van der Waals surface area contributed by atoms with Crippen LogP contribution >= 0.6 is 0 Å². The van der Waals surface area contributed by atoms with Crippen LogP contribution < -0.4 is 10.1 Å². The number of β-amino-alcohol motifs (C(OH)–C–C–N with tert-alkyl or cyclic N) is 1. The Balaban J connectivity index is 2.33. The molecule has 124 valence electrons. The van der Waals surface area contributed by atoms with E-state index in [1.807, 2.05) is 38.1 Å². The van der Waals surface area contributed by atoms with Crippen LogP contribution in [0.1, 0.15) is 32.8 Å². The molecule has 0 fully saturated rings. The molecule has 0 aliphatic heterocycles. The van der Waals surface area contributed by atoms with Crippen LogP contribution in [-0.4, -0.2) is 47.4 Å². The fourth-order valence-corrected chi connectivity index (χ4v) is 1.77. The number of aliphatic hydroxyl groups excluding tert-OH is 2. The van der Waals surface area contributed by atoms with E-state index in [1.54, 1.807) is 6.92 Å². The van der Waals surface area contributed by atoms with Crippen molar-refractivity contribution in [2.24, 2.45) is 0 Å². The number of aliphatic hydroxyl groups is 2. The van der Waals surface area contributed by atoms with Gasteiger partial charge in [0.05, 0.1) is 6.61 Å². The van der Waals surface area contributed by atoms with Crippen LogP contribution in [-0.2, 0) is 11.2 Å². The first-order valence-electron chi connectivity index (χ1n) is 7.57. The van der Waals surface area contributed by atoms with E-state index in [-0.39, 0.29) is 19.0 Å². The fourth-order valence-electron chi connectivity index (χ4n) is 1.77. The van der Waals surface area contributed by atoms with Crippen molar-refractivity contribution in [1.82, 2.24) is 5.32 Å². The largest absolute Gasteiger partial charge is 0.491 e. The number of rotatable bonds is 10. The van der Waals surface area contributed by atoms with Crippen LogP contribution in [0, 0.1) is 0 Å². The van der Waals surface area contributed by atoms with Crippen molar-refractivity contribution < 1.29 is 19.7 Å². The van der Waals surface area contributed by atoms with Crippen LogP contribution in [0.2, 0.25) is 0 Å². The Morgan fingerprint density at radius 2 is 1.95 bits per heavy atom. The number of aryl methyl sites for hydroxylation is 1. The van der Waals surface area contributed by atoms with E-state index in [4.69, 9.17) is 9.84 Å². The highest BCUT2D eigenvalue weighted by Crippen LogP contribution is 2.14. The zero-order chi connectivity index (χ0) is 16.6. The van der Waals surface area contributed by atoms with Gasteiger partial charge in [-0.05, 0) is 44.9 Å². The van der Waals surface area contributed by atoms with Gasteiger partial charge in [0.1, 0.15) is 24.2 Å². The summed E-state index contributed by atoms with van der Waals surface area (Å²) in [6.07, 6.45) is 0.632. The maximum Gasteiger partial charge on any atom is 0.130 e. The molecule has 5 heteroatoms. The monoisotopic (exact) mass is 309 g/mol. The molecule has 5 nitrogen and oxygen atoms in total. The molecule has 1 aromatic carbocycles. The molecule has 1 unspecified atom stereocenters. The van der Waals surface area contributed by atoms with E-state index in [2.05, 4.69) is 5.32 Å². The molecule has 0 aliphatic rings. The molecule has 0 saturated carbocycles. The quantitative estimate of drug-likeness (QED) is 0.607. The minimum atomic E-state index is -0.650. The molecular weight excluding hydrogens is 282 g/mol. The number of hydrogen-bond acceptors (Lipinski definition) is 5. The first kappa shape index (κ1) is 18.6. The van der Waals surface area contributed by atoms with E-state index >= 15 is 0 Å². The molecule has 0 radical (unpaired) electrons. The van der Waals surface area contributed by atoms with Gasteiger partial charge in [-0.15, -0.1) is 0 Å². The molecular formula is C17H27NO4. The topological polar surface area (TPSA) is 78.8 Å². The Bertz CT molecular complexity index is 456. The maximum atomic E-state index is 10.9. The Morgan fingerprint density at radius 3 is 2.50 bits per heavy atom. The van der Waals surface area contributed by atoms with Crippen molar-refractivity contribution in [3.8, 4) is 5.75 Å². The number of ether oxygens (including phenoxy) is 1. The molecule has 1 rings (SSSR count). The summed E-state index contributed by atoms with van der Waals surface area (Å²) in [6.45, 7) is 5.85. The van der Waals surface area contributed by atoms with Gasteiger partial charge >= 0.3 is 0 Å². The number of nitrogens with one attached hydrogen (secondary N) is 1. The number of hydrogen-bond donors (Lipinski definition) is 3. The van der Waals surface area contributed by atoms with E-state index in [0.29, 0.717) is 18.7 Å². The molecule has 0 saturated heterocycles. The lowest BCUT2D eigenvalue weighted by atomic mass is 10.1. The third-order valence-electron chi connectivity index (χ3n) is 3.34. The first-order chi connectivity index (χ1) is 10.3. The van der Waals surface area contributed by atoms with Gasteiger partial charge in [-0.1, -0.05) is 12.1 Å². The second kappa shape index (κ2) is 8.88. The molecule has 22 heavy (non-hydrogen) atoms. The van der Waals surface area contributed by atoms with Crippen LogP contribution in [0.15, 0.2) is 24.3 Å². The van der Waals surface area contributed by atoms with Gasteiger partial charge in [0.2, 0.25) is 0 Å². The summed E-state index contributed by atoms with van der Waals surface area (Å²) in [7, 11) is 0. The molecule has 0 spiro atoms. The molecule has 1 aromatic rings. The summed E-state index contributed by atoms with van der Waals surface area (Å²) in [4.78, 5) is 10.9. The Morgan fingerprint density at radius 1 is 1.32 bits per heavy atom. The van der Waals surface area contributed by atoms with Gasteiger partial charge < -0.3 is 25.1 Å². The first-order valence-corrected chi connectivity index (χ1v) is 7.57. The van der Waals surface area contributed by atoms with Gasteiger partial charge in [0.25, 0.3) is 0 Å². The van der Waals surface area contributed by atoms with Gasteiger partial charge in [-0.2, -0.15) is 0 Å². The summed E-state index contributed by atoms with van der Waals surface area (Å²) in [5.41, 5.74) is 0.675. The second-order valence-corrected chi connectivity index (χ2v) is 6.23. The predicted molar refractivity (Wildman–Crippen MR) is 86.1 cm³/mol. The fraction of sp³-hybridized carbons (Fsp3) is 0.588. The number of carbonyl (C=O) groups excluding carboxylic acids is 1. The van der Waals surface area contributed by atoms with Gasteiger partial charge in [-0.25, -0.2) is 0 Å². The van der Waals surface area contributed by atoms with Crippen LogP contribution in [0.4, 0.5) is 0 Å². The smallest absolute Gasteiger partial charge is 0.130 e. The third kappa shape index (κ3) is 7.54. The van der Waals surface area contributed by atoms with Crippen molar-refractivity contribution >= 4 is 5.78 Å². The SMILES string of the molecule is CC(=O)CCc1ccc(OCC(O)CNC(C)(C)CO)cc1. The zero-order valence-corrected chi connectivity index (χ0v) is 13.6. The van der Waals surface area contributed by atoms with E-state index < -0.39 is 11.6 Å². The molecule has 0 aliphatic carbocycles. The highest BCUT2D eigenvalue weighted by Gasteiger charge is 2.17. The van der Waals surface area contributed by atoms with Crippen molar-refractivity contribution in [3.05, 3.63) is 29.8 Å². The normalized spacial score (nSPS) is 13.0. The summed E-state index contributed by atoms with van der Waals surface area (Å²) >= 11 is 0. The van der Waals surface area contributed by atoms with Crippen LogP contribution in [0.3, 0.4) is 0 Å². The Hall–Kier alpha value is -1.43. The predicted octanol–water partition coefficient (Wildman–Crippen LogP) is 1.31. The standard InChI is InChI=1S/C17H27NO4/c1-13(20)4-5-14-6-8-16(9-7-14)22-11-15(21)10-18-17(2,3)12-19/h6-9,15,18-19,21H,4-5,10-12H2,1-3H3. The lowest BCUT2D eigenvalue weighted by Crippen LogP contribution is -2.47. The van der Waals surface area contributed by atoms with Crippen molar-refractivity contribution in [2.45, 2.75) is 45.3 Å². The number of ketones is 1. The van der Waals surface area contributed by atoms with E-state index in [0.717, 1.165) is 12.0 Å². The Labute approximate surface area is 132 Å². The molecule has 0 amide bonds. The molecule has 3 N–H and O–H groups in total. The minimum Gasteiger partial charge on any atom is -0.491 e. The number of Topliss-reactive ketones (excluding diaryl/α,β-unsaturated/α-hetero) is 1. The lowest BCUT2D eigenvalue weighted by molar-refractivity contribution is -0.116. The van der Waals surface area contributed by atoms with Gasteiger partial charge in [0, 0.05) is 18.5 Å². The second-order valence-electron chi connectivity index (χ2n) is 6.23. The Kier molecular flexibility index (Phi) is 7.51. The third-order valence-corrected chi connectivity index (χ3v) is 3.34. The van der Waals surface area contributed by atoms with E-state index in [9.17, 15) is 9.90 Å². The molecule has 0 bridgehead atoms. The molecule has 0 heterocycles. The van der Waals surface area contributed by atoms with Crippen LogP contribution in [0.5, 0.6) is 5.75 Å². The van der Waals surface area contributed by atoms with Gasteiger partial charge in [0.15, 0.2) is 0 Å². The average molecular weight is 309 g/mol. The summed E-state index contributed by atoms with van der Waals surface area (Å²) < 4.78 is 5.53. The summed E-state index contributed by atoms with van der Waals surface area (Å²) in [6, 6.07) is 7.54. The lowest BCUT2D eigenvalue weighted by Gasteiger charge is -2.25.